The van der Waals surface area contributed by atoms with Gasteiger partial charge in [-0.15, -0.1) is 0 Å². The van der Waals surface area contributed by atoms with Crippen molar-refractivity contribution in [3.05, 3.63) is 89.0 Å². The van der Waals surface area contributed by atoms with Crippen LogP contribution in [0, 0.1) is 13.8 Å². The molecule has 4 aromatic rings. The minimum Gasteiger partial charge on any atom is -0.438 e. The van der Waals surface area contributed by atoms with Crippen LogP contribution < -0.4 is 15.4 Å². The normalized spacial score (nSPS) is 10.6. The summed E-state index contributed by atoms with van der Waals surface area (Å²) in [7, 11) is 0. The first-order valence-corrected chi connectivity index (χ1v) is 11.2. The van der Waals surface area contributed by atoms with E-state index in [2.05, 4.69) is 25.6 Å². The Kier molecular flexibility index (Phi) is 7.04. The number of hydrogen-bond donors (Lipinski definition) is 2. The molecule has 0 aliphatic heterocycles. The van der Waals surface area contributed by atoms with Crippen LogP contribution in [-0.2, 0) is 6.42 Å². The van der Waals surface area contributed by atoms with E-state index in [1.54, 1.807) is 36.7 Å². The summed E-state index contributed by atoms with van der Waals surface area (Å²) >= 11 is 5.90. The Morgan fingerprint density at radius 1 is 0.941 bits per heavy atom. The molecule has 0 atom stereocenters. The van der Waals surface area contributed by atoms with Gasteiger partial charge in [0.2, 0.25) is 5.88 Å². The van der Waals surface area contributed by atoms with Crippen LogP contribution in [0.3, 0.4) is 0 Å². The molecule has 7 nitrogen and oxygen atoms in total. The van der Waals surface area contributed by atoms with Gasteiger partial charge in [-0.25, -0.2) is 19.7 Å². The lowest BCUT2D eigenvalue weighted by Gasteiger charge is -2.16. The van der Waals surface area contributed by atoms with Crippen LogP contribution in [0.2, 0.25) is 5.02 Å². The molecule has 0 bridgehead atoms. The lowest BCUT2D eigenvalue weighted by Crippen LogP contribution is -2.20. The van der Waals surface area contributed by atoms with E-state index in [-0.39, 0.29) is 6.03 Å². The Morgan fingerprint density at radius 3 is 2.50 bits per heavy atom. The smallest absolute Gasteiger partial charge is 0.323 e. The number of benzene rings is 2. The first-order valence-electron chi connectivity index (χ1n) is 10.8. The van der Waals surface area contributed by atoms with Crippen LogP contribution in [0.5, 0.6) is 11.6 Å². The number of nitrogens with one attached hydrogen (secondary N) is 2. The van der Waals surface area contributed by atoms with E-state index in [4.69, 9.17) is 16.3 Å². The number of rotatable bonds is 6. The molecule has 0 saturated heterocycles. The zero-order valence-corrected chi connectivity index (χ0v) is 19.8. The van der Waals surface area contributed by atoms with E-state index in [0.717, 1.165) is 34.6 Å². The molecule has 2 aromatic carbocycles. The average Bonchev–Trinajstić information content (AvgIpc) is 2.85. The Hall–Kier alpha value is -3.97. The van der Waals surface area contributed by atoms with Crippen molar-refractivity contribution in [1.82, 2.24) is 15.0 Å². The summed E-state index contributed by atoms with van der Waals surface area (Å²) in [5, 5.41) is 6.28. The van der Waals surface area contributed by atoms with Crippen LogP contribution in [0.15, 0.2) is 67.0 Å². The topological polar surface area (TPSA) is 89.0 Å². The molecular weight excluding hydrogens is 450 g/mol. The van der Waals surface area contributed by atoms with Crippen LogP contribution in [0.25, 0.3) is 11.3 Å². The number of amides is 2. The number of hydrogen-bond acceptors (Lipinski definition) is 5. The average molecular weight is 474 g/mol. The largest absolute Gasteiger partial charge is 0.438 e. The zero-order valence-electron chi connectivity index (χ0n) is 19.1. The van der Waals surface area contributed by atoms with Crippen molar-refractivity contribution >= 4 is 29.0 Å². The van der Waals surface area contributed by atoms with Crippen molar-refractivity contribution in [3.63, 3.8) is 0 Å². The van der Waals surface area contributed by atoms with E-state index in [9.17, 15) is 4.79 Å². The lowest BCUT2D eigenvalue weighted by molar-refractivity contribution is 0.262. The van der Waals surface area contributed by atoms with E-state index in [0.29, 0.717) is 28.0 Å². The number of pyridine rings is 1. The SMILES string of the molecule is CCc1nccc(-c2cccnc2Oc2ccc(NC(=O)Nc3ccc(Cl)cc3)c(C)c2C)n1. The van der Waals surface area contributed by atoms with Gasteiger partial charge in [-0.2, -0.15) is 0 Å². The second kappa shape index (κ2) is 10.3. The summed E-state index contributed by atoms with van der Waals surface area (Å²) in [6.45, 7) is 5.88. The highest BCUT2D eigenvalue weighted by Crippen LogP contribution is 2.34. The maximum absolute atomic E-state index is 12.5. The summed E-state index contributed by atoms with van der Waals surface area (Å²) in [6, 6.07) is 15.8. The minimum absolute atomic E-state index is 0.346. The van der Waals surface area contributed by atoms with Crippen LogP contribution in [0.1, 0.15) is 23.9 Å². The monoisotopic (exact) mass is 473 g/mol. The fourth-order valence-corrected chi connectivity index (χ4v) is 3.48. The van der Waals surface area contributed by atoms with Crippen molar-refractivity contribution < 1.29 is 9.53 Å². The van der Waals surface area contributed by atoms with Gasteiger partial charge in [0.1, 0.15) is 11.6 Å². The van der Waals surface area contributed by atoms with E-state index >= 15 is 0 Å². The highest BCUT2D eigenvalue weighted by Gasteiger charge is 2.15. The van der Waals surface area contributed by atoms with Gasteiger partial charge in [-0.1, -0.05) is 18.5 Å². The third-order valence-corrected chi connectivity index (χ3v) is 5.62. The van der Waals surface area contributed by atoms with Gasteiger partial charge in [-0.05, 0) is 79.6 Å². The predicted molar refractivity (Wildman–Crippen MR) is 135 cm³/mol. The molecule has 0 fully saturated rings. The van der Waals surface area contributed by atoms with Gasteiger partial charge in [0.15, 0.2) is 0 Å². The van der Waals surface area contributed by atoms with Crippen LogP contribution >= 0.6 is 11.6 Å². The molecule has 0 saturated carbocycles. The van der Waals surface area contributed by atoms with Gasteiger partial charge in [0.25, 0.3) is 0 Å². The number of anilines is 2. The molecule has 34 heavy (non-hydrogen) atoms. The Bertz CT molecular complexity index is 1330. The lowest BCUT2D eigenvalue weighted by atomic mass is 10.1. The van der Waals surface area contributed by atoms with Gasteiger partial charge in [0, 0.05) is 35.2 Å². The Morgan fingerprint density at radius 2 is 1.74 bits per heavy atom. The molecule has 8 heteroatoms. The molecule has 4 rings (SSSR count). The van der Waals surface area contributed by atoms with Crippen molar-refractivity contribution in [2.45, 2.75) is 27.2 Å². The third-order valence-electron chi connectivity index (χ3n) is 5.36. The molecule has 0 radical (unpaired) electrons. The van der Waals surface area contributed by atoms with Gasteiger partial charge >= 0.3 is 6.03 Å². The number of ether oxygens (including phenoxy) is 1. The molecule has 2 heterocycles. The maximum atomic E-state index is 12.5. The first-order chi connectivity index (χ1) is 16.4. The number of carbonyl (C=O) groups excluding carboxylic acids is 1. The molecule has 2 aromatic heterocycles. The summed E-state index contributed by atoms with van der Waals surface area (Å²) in [5.41, 5.74) is 4.63. The fraction of sp³-hybridized carbons (Fsp3) is 0.154. The Labute approximate surface area is 203 Å². The Balaban J connectivity index is 1.54. The molecule has 0 spiro atoms. The van der Waals surface area contributed by atoms with Gasteiger partial charge in [-0.3, -0.25) is 0 Å². The fourth-order valence-electron chi connectivity index (χ4n) is 3.35. The standard InChI is InChI=1S/C26H24ClN5O2/c1-4-24-28-15-13-22(31-24)20-6-5-14-29-25(20)34-23-12-11-21(16(2)17(23)3)32-26(33)30-19-9-7-18(27)8-10-19/h5-15H,4H2,1-3H3,(H2,30,32,33). The second-order valence-corrected chi connectivity index (χ2v) is 8.05. The van der Waals surface area contributed by atoms with Crippen LogP contribution in [0.4, 0.5) is 16.2 Å². The third kappa shape index (κ3) is 5.32. The van der Waals surface area contributed by atoms with E-state index in [1.807, 2.05) is 51.1 Å². The number of aryl methyl sites for hydroxylation is 1. The van der Waals surface area contributed by atoms with Crippen molar-refractivity contribution in [3.8, 4) is 22.9 Å². The molecule has 0 aliphatic carbocycles. The highest BCUT2D eigenvalue weighted by atomic mass is 35.5. The first kappa shape index (κ1) is 23.2. The van der Waals surface area contributed by atoms with Gasteiger partial charge in [0.05, 0.1) is 11.3 Å². The zero-order chi connectivity index (χ0) is 24.1. The van der Waals surface area contributed by atoms with Crippen molar-refractivity contribution in [1.29, 1.82) is 0 Å². The summed E-state index contributed by atoms with van der Waals surface area (Å²) in [6.07, 6.45) is 4.16. The number of nitrogens with zero attached hydrogens (tertiary/aromatic N) is 3. The van der Waals surface area contributed by atoms with E-state index in [1.165, 1.54) is 0 Å². The number of carbonyl (C=O) groups is 1. The molecule has 172 valence electrons. The molecule has 0 unspecified atom stereocenters. The molecule has 0 aliphatic rings. The number of urea groups is 1. The number of halogens is 1. The van der Waals surface area contributed by atoms with Crippen LogP contribution in [-0.4, -0.2) is 21.0 Å². The summed E-state index contributed by atoms with van der Waals surface area (Å²) in [5.74, 6) is 1.85. The maximum Gasteiger partial charge on any atom is 0.323 e. The van der Waals surface area contributed by atoms with Crippen molar-refractivity contribution in [2.75, 3.05) is 10.6 Å². The summed E-state index contributed by atoms with van der Waals surface area (Å²) in [4.78, 5) is 25.7. The van der Waals surface area contributed by atoms with E-state index < -0.39 is 0 Å². The highest BCUT2D eigenvalue weighted by molar-refractivity contribution is 6.30. The minimum atomic E-state index is -0.346. The molecule has 2 N–H and O–H groups in total. The molecule has 2 amide bonds. The van der Waals surface area contributed by atoms with Crippen molar-refractivity contribution in [2.24, 2.45) is 0 Å². The molecular formula is C26H24ClN5O2. The summed E-state index contributed by atoms with van der Waals surface area (Å²) < 4.78 is 6.20. The predicted octanol–water partition coefficient (Wildman–Crippen LogP) is 6.81. The second-order valence-electron chi connectivity index (χ2n) is 7.62. The quantitative estimate of drug-likeness (QED) is 0.321. The van der Waals surface area contributed by atoms with Gasteiger partial charge < -0.3 is 15.4 Å². The number of aromatic nitrogens is 3.